The average Bonchev–Trinajstić information content (AvgIpc) is 2.80. The van der Waals surface area contributed by atoms with Gasteiger partial charge in [-0.05, 0) is 71.1 Å². The minimum atomic E-state index is 0.634. The zero-order valence-electron chi connectivity index (χ0n) is 20.0. The van der Waals surface area contributed by atoms with Crippen molar-refractivity contribution in [3.8, 4) is 0 Å². The first kappa shape index (κ1) is 21.9. The molecule has 0 radical (unpaired) electrons. The van der Waals surface area contributed by atoms with Gasteiger partial charge in [0.15, 0.2) is 0 Å². The van der Waals surface area contributed by atoms with Crippen LogP contribution in [-0.4, -0.2) is 13.1 Å². The molecule has 4 aromatic rings. The fourth-order valence-electron chi connectivity index (χ4n) is 4.70. The number of para-hydroxylation sites is 1. The van der Waals surface area contributed by atoms with Gasteiger partial charge in [0.05, 0.1) is 11.4 Å². The summed E-state index contributed by atoms with van der Waals surface area (Å²) < 4.78 is 0. The van der Waals surface area contributed by atoms with E-state index in [1.165, 1.54) is 43.3 Å². The highest BCUT2D eigenvalue weighted by Crippen LogP contribution is 2.52. The Labute approximate surface area is 202 Å². The van der Waals surface area contributed by atoms with E-state index in [9.17, 15) is 0 Å². The van der Waals surface area contributed by atoms with Crippen LogP contribution in [0, 0.1) is 11.8 Å². The Balaban J connectivity index is 1.58. The highest BCUT2D eigenvalue weighted by atomic mass is 32.2. The summed E-state index contributed by atoms with van der Waals surface area (Å²) in [4.78, 5) is 7.55. The molecule has 1 aliphatic rings. The maximum Gasteiger partial charge on any atom is 0.0608 e. The van der Waals surface area contributed by atoms with Gasteiger partial charge in [-0.3, -0.25) is 0 Å². The van der Waals surface area contributed by atoms with E-state index in [0.717, 1.165) is 13.1 Å². The molecule has 0 atom stereocenters. The van der Waals surface area contributed by atoms with Crippen LogP contribution >= 0.6 is 11.8 Å². The lowest BCUT2D eigenvalue weighted by molar-refractivity contribution is 0.553. The Morgan fingerprint density at radius 3 is 1.94 bits per heavy atom. The maximum absolute atomic E-state index is 2.53. The molecule has 2 nitrogen and oxygen atoms in total. The second-order valence-electron chi connectivity index (χ2n) is 9.78. The summed E-state index contributed by atoms with van der Waals surface area (Å²) in [5.74, 6) is 1.27. The van der Waals surface area contributed by atoms with Gasteiger partial charge in [-0.25, -0.2) is 0 Å². The van der Waals surface area contributed by atoms with Gasteiger partial charge in [-0.2, -0.15) is 0 Å². The number of hydrogen-bond acceptors (Lipinski definition) is 3. The van der Waals surface area contributed by atoms with Crippen LogP contribution < -0.4 is 9.80 Å². The molecule has 0 unspecified atom stereocenters. The molecule has 33 heavy (non-hydrogen) atoms. The summed E-state index contributed by atoms with van der Waals surface area (Å²) in [6.45, 7) is 11.3. The minimum absolute atomic E-state index is 0.634. The van der Waals surface area contributed by atoms with Crippen LogP contribution in [-0.2, 0) is 0 Å². The van der Waals surface area contributed by atoms with Crippen molar-refractivity contribution < 1.29 is 0 Å². The van der Waals surface area contributed by atoms with Crippen molar-refractivity contribution in [3.63, 3.8) is 0 Å². The standard InChI is InChI=1S/C30H32N2S/c1-21(2)19-31(20-22(3)4)25-13-15-26(16-14-25)32-27-11-7-8-12-29(27)33-30-18-24-10-6-5-9-23(24)17-28(30)32/h5-18,21-22H,19-20H2,1-4H3. The number of fused-ring (bicyclic) bond motifs is 3. The van der Waals surface area contributed by atoms with E-state index in [-0.39, 0.29) is 0 Å². The fourth-order valence-corrected chi connectivity index (χ4v) is 5.79. The first-order chi connectivity index (χ1) is 16.0. The predicted molar refractivity (Wildman–Crippen MR) is 145 cm³/mol. The Bertz CT molecular complexity index is 1250. The normalized spacial score (nSPS) is 12.8. The third-order valence-electron chi connectivity index (χ3n) is 6.04. The molecule has 3 heteroatoms. The van der Waals surface area contributed by atoms with Crippen molar-refractivity contribution in [1.82, 2.24) is 0 Å². The zero-order chi connectivity index (χ0) is 22.9. The molecule has 0 saturated carbocycles. The summed E-state index contributed by atoms with van der Waals surface area (Å²) in [6, 6.07) is 31.2. The monoisotopic (exact) mass is 452 g/mol. The highest BCUT2D eigenvalue weighted by molar-refractivity contribution is 7.99. The van der Waals surface area contributed by atoms with Gasteiger partial charge in [0, 0.05) is 34.3 Å². The molecular formula is C30H32N2S. The van der Waals surface area contributed by atoms with Gasteiger partial charge in [-0.15, -0.1) is 0 Å². The minimum Gasteiger partial charge on any atom is -0.371 e. The van der Waals surface area contributed by atoms with Gasteiger partial charge >= 0.3 is 0 Å². The van der Waals surface area contributed by atoms with Crippen molar-refractivity contribution in [2.45, 2.75) is 37.5 Å². The van der Waals surface area contributed by atoms with E-state index < -0.39 is 0 Å². The average molecular weight is 453 g/mol. The zero-order valence-corrected chi connectivity index (χ0v) is 20.8. The van der Waals surface area contributed by atoms with Crippen molar-refractivity contribution in [2.24, 2.45) is 11.8 Å². The van der Waals surface area contributed by atoms with Gasteiger partial charge in [-0.1, -0.05) is 75.9 Å². The van der Waals surface area contributed by atoms with Crippen molar-refractivity contribution >= 4 is 45.3 Å². The third-order valence-corrected chi connectivity index (χ3v) is 7.15. The molecule has 0 N–H and O–H groups in total. The highest BCUT2D eigenvalue weighted by Gasteiger charge is 2.25. The topological polar surface area (TPSA) is 6.48 Å². The second kappa shape index (κ2) is 9.15. The molecule has 0 bridgehead atoms. The quantitative estimate of drug-likeness (QED) is 0.254. The maximum atomic E-state index is 2.53. The summed E-state index contributed by atoms with van der Waals surface area (Å²) in [5, 5.41) is 2.56. The van der Waals surface area contributed by atoms with Crippen molar-refractivity contribution in [1.29, 1.82) is 0 Å². The Kier molecular flexibility index (Phi) is 6.07. The van der Waals surface area contributed by atoms with E-state index in [2.05, 4.69) is 122 Å². The largest absolute Gasteiger partial charge is 0.371 e. The fraction of sp³-hybridized carbons (Fsp3) is 0.267. The summed E-state index contributed by atoms with van der Waals surface area (Å²) in [6.07, 6.45) is 0. The van der Waals surface area contributed by atoms with Gasteiger partial charge in [0.1, 0.15) is 0 Å². The molecule has 5 rings (SSSR count). The lowest BCUT2D eigenvalue weighted by Crippen LogP contribution is -2.31. The molecule has 0 aliphatic carbocycles. The number of rotatable bonds is 6. The van der Waals surface area contributed by atoms with E-state index in [1.54, 1.807) is 0 Å². The Hall–Kier alpha value is -2.91. The molecule has 4 aromatic carbocycles. The molecule has 1 heterocycles. The van der Waals surface area contributed by atoms with Crippen LogP contribution in [0.3, 0.4) is 0 Å². The molecule has 0 aromatic heterocycles. The van der Waals surface area contributed by atoms with Crippen molar-refractivity contribution in [2.75, 3.05) is 22.9 Å². The molecule has 168 valence electrons. The van der Waals surface area contributed by atoms with Crippen LogP contribution in [0.5, 0.6) is 0 Å². The van der Waals surface area contributed by atoms with Crippen LogP contribution in [0.25, 0.3) is 10.8 Å². The number of nitrogens with zero attached hydrogens (tertiary/aromatic N) is 2. The number of benzene rings is 4. The molecular weight excluding hydrogens is 420 g/mol. The Morgan fingerprint density at radius 1 is 0.667 bits per heavy atom. The summed E-state index contributed by atoms with van der Waals surface area (Å²) in [7, 11) is 0. The van der Waals surface area contributed by atoms with Gasteiger partial charge < -0.3 is 9.80 Å². The molecule has 0 spiro atoms. The first-order valence-corrected chi connectivity index (χ1v) is 12.8. The predicted octanol–water partition coefficient (Wildman–Crippen LogP) is 8.89. The SMILES string of the molecule is CC(C)CN(CC(C)C)c1ccc(N2c3ccccc3Sc3cc4ccccc4cc32)cc1. The van der Waals surface area contributed by atoms with Crippen LogP contribution in [0.4, 0.5) is 22.7 Å². The molecule has 0 fully saturated rings. The third kappa shape index (κ3) is 4.47. The molecule has 0 amide bonds. The Morgan fingerprint density at radius 2 is 1.27 bits per heavy atom. The summed E-state index contributed by atoms with van der Waals surface area (Å²) >= 11 is 1.87. The summed E-state index contributed by atoms with van der Waals surface area (Å²) in [5.41, 5.74) is 5.02. The second-order valence-corrected chi connectivity index (χ2v) is 10.9. The van der Waals surface area contributed by atoms with Crippen LogP contribution in [0.15, 0.2) is 94.7 Å². The number of anilines is 4. The van der Waals surface area contributed by atoms with Crippen LogP contribution in [0.2, 0.25) is 0 Å². The van der Waals surface area contributed by atoms with E-state index in [4.69, 9.17) is 0 Å². The van der Waals surface area contributed by atoms with E-state index in [1.807, 2.05) is 11.8 Å². The smallest absolute Gasteiger partial charge is 0.0608 e. The lowest BCUT2D eigenvalue weighted by Gasteiger charge is -2.34. The van der Waals surface area contributed by atoms with Gasteiger partial charge in [0.25, 0.3) is 0 Å². The van der Waals surface area contributed by atoms with Crippen molar-refractivity contribution in [3.05, 3.63) is 84.9 Å². The number of hydrogen-bond donors (Lipinski definition) is 0. The first-order valence-electron chi connectivity index (χ1n) is 11.9. The molecule has 0 saturated heterocycles. The van der Waals surface area contributed by atoms with Gasteiger partial charge in [0.2, 0.25) is 0 Å². The van der Waals surface area contributed by atoms with E-state index in [0.29, 0.717) is 11.8 Å². The lowest BCUT2D eigenvalue weighted by atomic mass is 10.1. The molecule has 1 aliphatic heterocycles. The van der Waals surface area contributed by atoms with Crippen LogP contribution in [0.1, 0.15) is 27.7 Å². The van der Waals surface area contributed by atoms with E-state index >= 15 is 0 Å².